The molecule has 0 saturated heterocycles. The van der Waals surface area contributed by atoms with Crippen LogP contribution in [-0.4, -0.2) is 24.9 Å². The van der Waals surface area contributed by atoms with Gasteiger partial charge in [-0.3, -0.25) is 4.98 Å². The lowest BCUT2D eigenvalue weighted by Gasteiger charge is -2.00. The van der Waals surface area contributed by atoms with Gasteiger partial charge in [-0.15, -0.1) is 0 Å². The Morgan fingerprint density at radius 1 is 1.24 bits per heavy atom. The summed E-state index contributed by atoms with van der Waals surface area (Å²) in [4.78, 5) is 20.0. The highest BCUT2D eigenvalue weighted by atomic mass is 15.0. The van der Waals surface area contributed by atoms with Crippen LogP contribution in [-0.2, 0) is 6.42 Å². The molecule has 0 aliphatic heterocycles. The molecule has 0 aromatic carbocycles. The predicted octanol–water partition coefficient (Wildman–Crippen LogP) is 1.65. The summed E-state index contributed by atoms with van der Waals surface area (Å²) in [7, 11) is 0. The van der Waals surface area contributed by atoms with E-state index in [2.05, 4.69) is 24.9 Å². The molecule has 84 valence electrons. The number of rotatable bonds is 2. The largest absolute Gasteiger partial charge is 0.342 e. The van der Waals surface area contributed by atoms with E-state index in [9.17, 15) is 0 Å². The molecule has 17 heavy (non-hydrogen) atoms. The minimum absolute atomic E-state index is 0.629. The van der Waals surface area contributed by atoms with Gasteiger partial charge in [0.2, 0.25) is 0 Å². The van der Waals surface area contributed by atoms with Crippen molar-refractivity contribution >= 4 is 11.2 Å². The molecule has 0 unspecified atom stereocenters. The zero-order chi connectivity index (χ0) is 11.7. The molecule has 5 heteroatoms. The number of fused-ring (bicyclic) bond motifs is 1. The van der Waals surface area contributed by atoms with Crippen LogP contribution in [0, 0.1) is 6.92 Å². The normalized spacial score (nSPS) is 10.9. The van der Waals surface area contributed by atoms with Crippen molar-refractivity contribution in [3.05, 3.63) is 47.9 Å². The van der Waals surface area contributed by atoms with Gasteiger partial charge < -0.3 is 4.98 Å². The third-order valence-corrected chi connectivity index (χ3v) is 2.54. The average molecular weight is 225 g/mol. The molecule has 3 rings (SSSR count). The minimum Gasteiger partial charge on any atom is -0.342 e. The van der Waals surface area contributed by atoms with Crippen LogP contribution in [0.1, 0.15) is 17.1 Å². The molecule has 0 spiro atoms. The second-order valence-electron chi connectivity index (χ2n) is 3.93. The van der Waals surface area contributed by atoms with Gasteiger partial charge in [-0.05, 0) is 24.6 Å². The van der Waals surface area contributed by atoms with Crippen LogP contribution in [0.2, 0.25) is 0 Å². The first kappa shape index (κ1) is 9.89. The Morgan fingerprint density at radius 3 is 3.06 bits per heavy atom. The van der Waals surface area contributed by atoms with Crippen LogP contribution in [0.25, 0.3) is 11.2 Å². The van der Waals surface area contributed by atoms with E-state index in [-0.39, 0.29) is 0 Å². The monoisotopic (exact) mass is 225 g/mol. The first-order valence-electron chi connectivity index (χ1n) is 5.38. The van der Waals surface area contributed by atoms with Crippen molar-refractivity contribution < 1.29 is 0 Å². The molecule has 0 radical (unpaired) electrons. The molecule has 5 nitrogen and oxygen atoms in total. The predicted molar refractivity (Wildman–Crippen MR) is 63.5 cm³/mol. The van der Waals surface area contributed by atoms with Gasteiger partial charge in [-0.1, -0.05) is 0 Å². The number of imidazole rings is 1. The molecule has 1 N–H and O–H groups in total. The van der Waals surface area contributed by atoms with Gasteiger partial charge in [0.05, 0.1) is 18.9 Å². The number of nitrogens with zero attached hydrogens (tertiary/aromatic N) is 4. The molecule has 0 aliphatic rings. The molecule has 0 aliphatic carbocycles. The molecule has 0 amide bonds. The summed E-state index contributed by atoms with van der Waals surface area (Å²) in [5, 5.41) is 0. The van der Waals surface area contributed by atoms with E-state index in [1.54, 1.807) is 18.7 Å². The quantitative estimate of drug-likeness (QED) is 0.720. The zero-order valence-electron chi connectivity index (χ0n) is 9.38. The number of H-pyrrole nitrogens is 1. The smallest absolute Gasteiger partial charge is 0.180 e. The summed E-state index contributed by atoms with van der Waals surface area (Å²) in [6, 6.07) is 4.01. The van der Waals surface area contributed by atoms with E-state index in [1.807, 2.05) is 19.1 Å². The van der Waals surface area contributed by atoms with Gasteiger partial charge in [-0.25, -0.2) is 15.0 Å². The fraction of sp³-hybridized carbons (Fsp3) is 0.167. The lowest BCUT2D eigenvalue weighted by atomic mass is 10.2. The number of pyridine rings is 1. The molecule has 3 aromatic rings. The van der Waals surface area contributed by atoms with Crippen molar-refractivity contribution in [1.82, 2.24) is 24.9 Å². The molecule has 3 aromatic heterocycles. The van der Waals surface area contributed by atoms with Gasteiger partial charge >= 0.3 is 0 Å². The number of hydrogen-bond donors (Lipinski definition) is 1. The van der Waals surface area contributed by atoms with E-state index >= 15 is 0 Å². The summed E-state index contributed by atoms with van der Waals surface area (Å²) in [6.07, 6.45) is 5.80. The van der Waals surface area contributed by atoms with Gasteiger partial charge in [-0.2, -0.15) is 0 Å². The third kappa shape index (κ3) is 1.99. The number of nitrogens with one attached hydrogen (secondary N) is 1. The maximum absolute atomic E-state index is 4.37. The van der Waals surface area contributed by atoms with Crippen LogP contribution < -0.4 is 0 Å². The Kier molecular flexibility index (Phi) is 2.29. The van der Waals surface area contributed by atoms with E-state index in [4.69, 9.17) is 0 Å². The van der Waals surface area contributed by atoms with Gasteiger partial charge in [0.1, 0.15) is 11.3 Å². The van der Waals surface area contributed by atoms with E-state index < -0.39 is 0 Å². The molecule has 0 bridgehead atoms. The maximum Gasteiger partial charge on any atom is 0.180 e. The van der Waals surface area contributed by atoms with Crippen molar-refractivity contribution in [1.29, 1.82) is 0 Å². The van der Waals surface area contributed by atoms with Crippen molar-refractivity contribution in [3.63, 3.8) is 0 Å². The highest BCUT2D eigenvalue weighted by Gasteiger charge is 2.04. The molecule has 0 fully saturated rings. The number of aromatic nitrogens is 5. The van der Waals surface area contributed by atoms with E-state index in [0.717, 1.165) is 17.0 Å². The number of aromatic amines is 1. The zero-order valence-corrected chi connectivity index (χ0v) is 9.38. The second-order valence-corrected chi connectivity index (χ2v) is 3.93. The third-order valence-electron chi connectivity index (χ3n) is 2.54. The Morgan fingerprint density at radius 2 is 2.18 bits per heavy atom. The summed E-state index contributed by atoms with van der Waals surface area (Å²) in [6.45, 7) is 2.04. The summed E-state index contributed by atoms with van der Waals surface area (Å²) >= 11 is 0. The van der Waals surface area contributed by atoms with E-state index in [0.29, 0.717) is 12.1 Å². The van der Waals surface area contributed by atoms with E-state index in [1.165, 1.54) is 5.56 Å². The van der Waals surface area contributed by atoms with Gasteiger partial charge in [0, 0.05) is 11.9 Å². The van der Waals surface area contributed by atoms with Crippen LogP contribution in [0.3, 0.4) is 0 Å². The first-order chi connectivity index (χ1) is 8.31. The lowest BCUT2D eigenvalue weighted by molar-refractivity contribution is 0.946. The van der Waals surface area contributed by atoms with Crippen LogP contribution in [0.4, 0.5) is 0 Å². The van der Waals surface area contributed by atoms with Crippen molar-refractivity contribution in [2.24, 2.45) is 0 Å². The minimum atomic E-state index is 0.629. The fourth-order valence-electron chi connectivity index (χ4n) is 1.71. The lowest BCUT2D eigenvalue weighted by Crippen LogP contribution is -1.98. The number of aryl methyl sites for hydroxylation is 1. The van der Waals surface area contributed by atoms with Crippen LogP contribution in [0.5, 0.6) is 0 Å². The molecule has 0 atom stereocenters. The SMILES string of the molecule is Cc1ccnc(Cc2ncc3[nH]cnc3n2)c1. The molecular formula is C12H11N5. The Bertz CT molecular complexity index is 659. The topological polar surface area (TPSA) is 67.3 Å². The Hall–Kier alpha value is -2.30. The van der Waals surface area contributed by atoms with Gasteiger partial charge in [0.25, 0.3) is 0 Å². The summed E-state index contributed by atoms with van der Waals surface area (Å²) < 4.78 is 0. The summed E-state index contributed by atoms with van der Waals surface area (Å²) in [5.41, 5.74) is 3.71. The molecular weight excluding hydrogens is 214 g/mol. The highest BCUT2D eigenvalue weighted by molar-refractivity contribution is 5.68. The van der Waals surface area contributed by atoms with Crippen LogP contribution in [0.15, 0.2) is 30.9 Å². The fourth-order valence-corrected chi connectivity index (χ4v) is 1.71. The van der Waals surface area contributed by atoms with Gasteiger partial charge in [0.15, 0.2) is 5.65 Å². The molecule has 3 heterocycles. The first-order valence-corrected chi connectivity index (χ1v) is 5.38. The standard InChI is InChI=1S/C12H11N5/c1-8-2-3-13-9(4-8)5-11-14-6-10-12(17-11)16-7-15-10/h2-4,6-7H,5H2,1H3,(H,14,15,16,17). The van der Waals surface area contributed by atoms with Crippen molar-refractivity contribution in [3.8, 4) is 0 Å². The van der Waals surface area contributed by atoms with Crippen LogP contribution >= 0.6 is 0 Å². The average Bonchev–Trinajstić information content (AvgIpc) is 2.76. The highest BCUT2D eigenvalue weighted by Crippen LogP contribution is 2.08. The van der Waals surface area contributed by atoms with Crippen molar-refractivity contribution in [2.75, 3.05) is 0 Å². The Labute approximate surface area is 98.0 Å². The van der Waals surface area contributed by atoms with Crippen molar-refractivity contribution in [2.45, 2.75) is 13.3 Å². The summed E-state index contributed by atoms with van der Waals surface area (Å²) in [5.74, 6) is 0.739. The number of hydrogen-bond acceptors (Lipinski definition) is 4. The molecule has 0 saturated carbocycles. The Balaban J connectivity index is 1.94. The second kappa shape index (κ2) is 3.93. The maximum atomic E-state index is 4.37.